The molecule has 0 aromatic rings. The summed E-state index contributed by atoms with van der Waals surface area (Å²) in [5.41, 5.74) is -0.166. The molecule has 0 unspecified atom stereocenters. The molecule has 2 fully saturated rings. The van der Waals surface area contributed by atoms with E-state index in [1.807, 2.05) is 13.8 Å². The van der Waals surface area contributed by atoms with E-state index >= 15 is 0 Å². The van der Waals surface area contributed by atoms with Crippen LogP contribution in [-0.4, -0.2) is 24.1 Å². The van der Waals surface area contributed by atoms with Crippen LogP contribution in [0.15, 0.2) is 12.2 Å². The lowest BCUT2D eigenvalue weighted by Gasteiger charge is -2.23. The maximum Gasteiger partial charge on any atom is 0.345 e. The molecule has 0 atom stereocenters. The van der Waals surface area contributed by atoms with Gasteiger partial charge in [-0.25, -0.2) is 9.59 Å². The Bertz CT molecular complexity index is 371. The normalized spacial score (nSPS) is 20.0. The first-order valence-corrected chi connectivity index (χ1v) is 8.93. The summed E-state index contributed by atoms with van der Waals surface area (Å²) in [5, 5.41) is 0. The number of carbonyl (C=O) groups excluding carboxylic acids is 2. The van der Waals surface area contributed by atoms with Crippen molar-refractivity contribution >= 4 is 11.9 Å². The molecule has 4 nitrogen and oxygen atoms in total. The minimum atomic E-state index is -0.613. The van der Waals surface area contributed by atoms with Crippen LogP contribution in [0, 0.1) is 0 Å². The van der Waals surface area contributed by atoms with E-state index in [9.17, 15) is 9.59 Å². The van der Waals surface area contributed by atoms with Crippen LogP contribution in [0.1, 0.15) is 85.8 Å². The van der Waals surface area contributed by atoms with Crippen molar-refractivity contribution in [3.05, 3.63) is 12.2 Å². The lowest BCUT2D eigenvalue weighted by molar-refractivity contribution is -0.154. The predicted octanol–water partition coefficient (Wildman–Crippen LogP) is 4.71. The molecule has 0 bridgehead atoms. The van der Waals surface area contributed by atoms with Crippen molar-refractivity contribution in [2.75, 3.05) is 0 Å². The van der Waals surface area contributed by atoms with Crippen molar-refractivity contribution in [2.45, 2.75) is 96.7 Å². The van der Waals surface area contributed by atoms with E-state index in [0.717, 1.165) is 51.4 Å². The van der Waals surface area contributed by atoms with Crippen molar-refractivity contribution < 1.29 is 20.4 Å². The van der Waals surface area contributed by atoms with Gasteiger partial charge in [-0.05, 0) is 51.4 Å². The Balaban J connectivity index is 0.000000648. The number of hydrogen-bond donors (Lipinski definition) is 0. The molecule has 23 heavy (non-hydrogen) atoms. The van der Waals surface area contributed by atoms with Crippen LogP contribution >= 0.6 is 0 Å². The highest BCUT2D eigenvalue weighted by molar-refractivity contribution is 6.13. The Morgan fingerprint density at radius 1 is 0.870 bits per heavy atom. The fraction of sp³-hybridized carbons (Fsp3) is 0.789. The Morgan fingerprint density at radius 2 is 1.17 bits per heavy atom. The zero-order valence-corrected chi connectivity index (χ0v) is 14.6. The quantitative estimate of drug-likeness (QED) is 0.325. The van der Waals surface area contributed by atoms with Gasteiger partial charge in [0.1, 0.15) is 17.8 Å². The van der Waals surface area contributed by atoms with Gasteiger partial charge in [-0.15, -0.1) is 0 Å². The Kier molecular flexibility index (Phi) is 8.82. The zero-order valence-electron chi connectivity index (χ0n) is 15.6. The number of hydrogen-bond acceptors (Lipinski definition) is 4. The van der Waals surface area contributed by atoms with Crippen molar-refractivity contribution in [3.63, 3.8) is 0 Å². The first-order chi connectivity index (χ1) is 11.4. The minimum absolute atomic E-state index is 0.0597. The van der Waals surface area contributed by atoms with Gasteiger partial charge in [-0.3, -0.25) is 0 Å². The topological polar surface area (TPSA) is 52.6 Å². The van der Waals surface area contributed by atoms with Crippen LogP contribution in [-0.2, 0) is 19.1 Å². The molecular weight excluding hydrogens is 292 g/mol. The third-order valence-corrected chi connectivity index (χ3v) is 4.14. The summed E-state index contributed by atoms with van der Waals surface area (Å²) in [4.78, 5) is 23.7. The molecule has 0 aromatic heterocycles. The summed E-state index contributed by atoms with van der Waals surface area (Å²) < 4.78 is 17.2. The maximum absolute atomic E-state index is 11.9. The molecule has 2 saturated carbocycles. The van der Waals surface area contributed by atoms with Gasteiger partial charge >= 0.3 is 11.9 Å². The lowest BCUT2D eigenvalue weighted by Crippen LogP contribution is -2.27. The molecular formula is C19H32O4. The molecule has 0 heterocycles. The van der Waals surface area contributed by atoms with E-state index in [1.54, 1.807) is 0 Å². The molecule has 2 aliphatic carbocycles. The van der Waals surface area contributed by atoms with Crippen molar-refractivity contribution in [2.24, 2.45) is 0 Å². The highest BCUT2D eigenvalue weighted by Crippen LogP contribution is 2.23. The molecule has 0 N–H and O–H groups in total. The van der Waals surface area contributed by atoms with Gasteiger partial charge in [0, 0.05) is 1.37 Å². The van der Waals surface area contributed by atoms with E-state index in [4.69, 9.17) is 10.8 Å². The molecule has 0 saturated heterocycles. The molecule has 2 rings (SSSR count). The number of carbonyl (C=O) groups is 2. The second kappa shape index (κ2) is 11.3. The molecule has 0 amide bonds. The van der Waals surface area contributed by atoms with Crippen LogP contribution in [0.4, 0.5) is 0 Å². The summed E-state index contributed by atoms with van der Waals surface area (Å²) in [6.45, 7) is 7.20. The van der Waals surface area contributed by atoms with Crippen LogP contribution in [0.5, 0.6) is 0 Å². The second-order valence-electron chi connectivity index (χ2n) is 6.39. The SMILES string of the molecule is C=C(C(=O)OC1CCCCC1)C(=O)OC1CCCCC1.[2H]C(C)C. The van der Waals surface area contributed by atoms with E-state index < -0.39 is 11.9 Å². The summed E-state index contributed by atoms with van der Waals surface area (Å²) in [6.07, 6.45) is 10.2. The average molecular weight is 325 g/mol. The van der Waals surface area contributed by atoms with Crippen LogP contribution < -0.4 is 0 Å². The maximum atomic E-state index is 11.9. The predicted molar refractivity (Wildman–Crippen MR) is 91.0 cm³/mol. The zero-order chi connectivity index (χ0) is 17.9. The van der Waals surface area contributed by atoms with Crippen LogP contribution in [0.25, 0.3) is 0 Å². The fourth-order valence-corrected chi connectivity index (χ4v) is 2.89. The van der Waals surface area contributed by atoms with E-state index in [-0.39, 0.29) is 24.2 Å². The smallest absolute Gasteiger partial charge is 0.345 e. The molecule has 0 spiro atoms. The monoisotopic (exact) mass is 325 g/mol. The number of esters is 2. The first-order valence-electron chi connectivity index (χ1n) is 9.51. The Labute approximate surface area is 142 Å². The molecule has 4 heteroatoms. The van der Waals surface area contributed by atoms with Gasteiger partial charge < -0.3 is 9.47 Å². The van der Waals surface area contributed by atoms with Gasteiger partial charge in [0.05, 0.1) is 0 Å². The minimum Gasteiger partial charge on any atom is -0.459 e. The van der Waals surface area contributed by atoms with E-state index in [2.05, 4.69) is 6.58 Å². The van der Waals surface area contributed by atoms with Crippen molar-refractivity contribution in [1.29, 1.82) is 0 Å². The van der Waals surface area contributed by atoms with Crippen LogP contribution in [0.2, 0.25) is 0 Å². The van der Waals surface area contributed by atoms with E-state index in [1.165, 1.54) is 12.8 Å². The summed E-state index contributed by atoms with van der Waals surface area (Å²) >= 11 is 0. The summed E-state index contributed by atoms with van der Waals surface area (Å²) in [7, 11) is 0. The first kappa shape index (κ1) is 18.0. The average Bonchev–Trinajstić information content (AvgIpc) is 2.55. The van der Waals surface area contributed by atoms with Gasteiger partial charge in [0.25, 0.3) is 0 Å². The van der Waals surface area contributed by atoms with Gasteiger partial charge in [0.15, 0.2) is 0 Å². The Hall–Kier alpha value is -1.32. The molecule has 0 radical (unpaired) electrons. The molecule has 0 aromatic carbocycles. The standard InChI is InChI=1S/C16H24O4.C3H8/c1-12(15(17)19-13-8-4-2-5-9-13)16(18)20-14-10-6-3-7-11-14;1-3-2/h13-14H,1-11H2;3H2,1-2H3/i;3D. The molecule has 2 aliphatic rings. The molecule has 132 valence electrons. The number of rotatable bonds is 4. The van der Waals surface area contributed by atoms with Crippen molar-refractivity contribution in [1.82, 2.24) is 0 Å². The van der Waals surface area contributed by atoms with Crippen molar-refractivity contribution in [3.8, 4) is 0 Å². The summed E-state index contributed by atoms with van der Waals surface area (Å²) in [5.74, 6) is -1.23. The summed E-state index contributed by atoms with van der Waals surface area (Å²) in [6, 6.07) is 0. The van der Waals surface area contributed by atoms with Gasteiger partial charge in [0.2, 0.25) is 0 Å². The van der Waals surface area contributed by atoms with E-state index in [0.29, 0.717) is 0 Å². The highest BCUT2D eigenvalue weighted by Gasteiger charge is 2.26. The molecule has 0 aliphatic heterocycles. The van der Waals surface area contributed by atoms with Crippen LogP contribution in [0.3, 0.4) is 0 Å². The third kappa shape index (κ3) is 7.67. The van der Waals surface area contributed by atoms with Gasteiger partial charge in [-0.1, -0.05) is 39.7 Å². The largest absolute Gasteiger partial charge is 0.459 e. The highest BCUT2D eigenvalue weighted by atomic mass is 16.6. The van der Waals surface area contributed by atoms with Gasteiger partial charge in [-0.2, -0.15) is 0 Å². The third-order valence-electron chi connectivity index (χ3n) is 4.14. The second-order valence-corrected chi connectivity index (χ2v) is 6.39. The lowest BCUT2D eigenvalue weighted by atomic mass is 9.97. The Morgan fingerprint density at radius 3 is 1.48 bits per heavy atom. The number of ether oxygens (including phenoxy) is 2. The fourth-order valence-electron chi connectivity index (χ4n) is 2.89.